The van der Waals surface area contributed by atoms with Gasteiger partial charge in [-0.1, -0.05) is 0 Å². The van der Waals surface area contributed by atoms with E-state index in [0.29, 0.717) is 0 Å². The normalized spacial score (nSPS) is 13.8. The number of nitrogens with zero attached hydrogens (tertiary/aromatic N) is 2. The highest BCUT2D eigenvalue weighted by Gasteiger charge is 2.36. The Balaban J connectivity index is 3.25. The predicted molar refractivity (Wildman–Crippen MR) is 58.9 cm³/mol. The zero-order valence-electron chi connectivity index (χ0n) is 10.1. The molecule has 0 radical (unpaired) electrons. The molecule has 1 rings (SSSR count). The van der Waals surface area contributed by atoms with Crippen molar-refractivity contribution in [2.24, 2.45) is 0 Å². The van der Waals surface area contributed by atoms with E-state index in [-0.39, 0.29) is 11.6 Å². The van der Waals surface area contributed by atoms with E-state index in [1.807, 2.05) is 0 Å². The van der Waals surface area contributed by atoms with E-state index in [2.05, 4.69) is 5.10 Å². The summed E-state index contributed by atoms with van der Waals surface area (Å²) in [4.78, 5) is 10.4. The maximum Gasteiger partial charge on any atom is 0.417 e. The number of halogens is 3. The summed E-state index contributed by atoms with van der Waals surface area (Å²) in [6.45, 7) is 5.33. The second-order valence-corrected chi connectivity index (χ2v) is 4.74. The number of alkyl halides is 3. The van der Waals surface area contributed by atoms with Crippen LogP contribution in [0.3, 0.4) is 0 Å². The molecule has 1 aromatic heterocycles. The van der Waals surface area contributed by atoms with Crippen molar-refractivity contribution in [1.82, 2.24) is 9.78 Å². The van der Waals surface area contributed by atoms with E-state index in [1.165, 1.54) is 10.9 Å². The molecule has 7 heteroatoms. The third-order valence-electron chi connectivity index (χ3n) is 2.15. The van der Waals surface area contributed by atoms with E-state index >= 15 is 0 Å². The van der Waals surface area contributed by atoms with Gasteiger partial charge in [-0.25, -0.2) is 4.79 Å². The van der Waals surface area contributed by atoms with Crippen LogP contribution in [0.2, 0.25) is 0 Å². The number of carboxylic acids is 1. The third-order valence-corrected chi connectivity index (χ3v) is 2.15. The van der Waals surface area contributed by atoms with Crippen molar-refractivity contribution in [1.29, 1.82) is 0 Å². The molecule has 0 aliphatic heterocycles. The number of hydrogen-bond donors (Lipinski definition) is 1. The second kappa shape index (κ2) is 4.47. The molecule has 0 bridgehead atoms. The van der Waals surface area contributed by atoms with Crippen LogP contribution in [0.4, 0.5) is 13.2 Å². The topological polar surface area (TPSA) is 55.1 Å². The molecule has 0 unspecified atom stereocenters. The average molecular weight is 262 g/mol. The highest BCUT2D eigenvalue weighted by molar-refractivity contribution is 5.91. The molecular weight excluding hydrogens is 249 g/mol. The summed E-state index contributed by atoms with van der Waals surface area (Å²) in [5, 5.41) is 12.3. The van der Waals surface area contributed by atoms with Crippen molar-refractivity contribution in [2.45, 2.75) is 32.5 Å². The molecule has 1 aromatic rings. The molecule has 0 aliphatic rings. The van der Waals surface area contributed by atoms with Gasteiger partial charge in [-0.05, 0) is 20.8 Å². The lowest BCUT2D eigenvalue weighted by Gasteiger charge is -2.18. The van der Waals surface area contributed by atoms with Gasteiger partial charge in [-0.15, -0.1) is 0 Å². The van der Waals surface area contributed by atoms with Crippen LogP contribution in [0.1, 0.15) is 26.3 Å². The van der Waals surface area contributed by atoms with Gasteiger partial charge in [0.05, 0.1) is 17.3 Å². The number of carboxylic acid groups (broad SMARTS) is 1. The fourth-order valence-electron chi connectivity index (χ4n) is 1.28. The first-order valence-electron chi connectivity index (χ1n) is 5.09. The predicted octanol–water partition coefficient (Wildman–Crippen LogP) is 2.67. The number of allylic oxidation sites excluding steroid dienone is 1. The van der Waals surface area contributed by atoms with Gasteiger partial charge < -0.3 is 5.11 Å². The number of aliphatic carboxylic acids is 1. The van der Waals surface area contributed by atoms with Crippen LogP contribution in [-0.4, -0.2) is 27.0 Å². The minimum atomic E-state index is -4.73. The van der Waals surface area contributed by atoms with Gasteiger partial charge in [0.15, 0.2) is 0 Å². The summed E-state index contributed by atoms with van der Waals surface area (Å²) < 4.78 is 39.5. The van der Waals surface area contributed by atoms with Crippen LogP contribution < -0.4 is 0 Å². The van der Waals surface area contributed by atoms with Gasteiger partial charge in [-0.2, -0.15) is 18.3 Å². The molecule has 0 aliphatic carbocycles. The highest BCUT2D eigenvalue weighted by Crippen LogP contribution is 2.34. The average Bonchev–Trinajstić information content (AvgIpc) is 2.59. The lowest BCUT2D eigenvalue weighted by Crippen LogP contribution is -2.22. The van der Waals surface area contributed by atoms with Crippen molar-refractivity contribution in [2.75, 3.05) is 0 Å². The van der Waals surface area contributed by atoms with Gasteiger partial charge in [0.2, 0.25) is 0 Å². The minimum Gasteiger partial charge on any atom is -0.478 e. The molecule has 0 aromatic carbocycles. The first-order chi connectivity index (χ1) is 8.01. The summed E-state index contributed by atoms with van der Waals surface area (Å²) in [5.74, 6) is -1.65. The Hall–Kier alpha value is -1.79. The van der Waals surface area contributed by atoms with Gasteiger partial charge in [0.1, 0.15) is 0 Å². The molecule has 0 amide bonds. The molecule has 0 fully saturated rings. The minimum absolute atomic E-state index is 0.143. The molecule has 0 saturated carbocycles. The first kappa shape index (κ1) is 14.3. The highest BCUT2D eigenvalue weighted by atomic mass is 19.4. The largest absolute Gasteiger partial charge is 0.478 e. The zero-order valence-corrected chi connectivity index (χ0v) is 10.1. The molecule has 4 nitrogen and oxygen atoms in total. The van der Waals surface area contributed by atoms with Crippen LogP contribution in [0, 0.1) is 0 Å². The van der Waals surface area contributed by atoms with Crippen molar-refractivity contribution in [3.63, 3.8) is 0 Å². The summed E-state index contributed by atoms with van der Waals surface area (Å²) in [5.41, 5.74) is -1.96. The number of aromatic nitrogens is 2. The van der Waals surface area contributed by atoms with Crippen LogP contribution in [0.5, 0.6) is 0 Å². The fourth-order valence-corrected chi connectivity index (χ4v) is 1.28. The van der Waals surface area contributed by atoms with Crippen molar-refractivity contribution < 1.29 is 23.1 Å². The first-order valence-corrected chi connectivity index (χ1v) is 5.09. The monoisotopic (exact) mass is 262 g/mol. The Labute approximate surface area is 102 Å². The Morgan fingerprint density at radius 3 is 2.28 bits per heavy atom. The van der Waals surface area contributed by atoms with Gasteiger partial charge in [0, 0.05) is 17.8 Å². The summed E-state index contributed by atoms with van der Waals surface area (Å²) >= 11 is 0. The molecule has 1 heterocycles. The van der Waals surface area contributed by atoms with E-state index in [4.69, 9.17) is 5.11 Å². The van der Waals surface area contributed by atoms with Crippen LogP contribution in [-0.2, 0) is 10.3 Å². The lowest BCUT2D eigenvalue weighted by molar-refractivity contribution is -0.131. The van der Waals surface area contributed by atoms with Crippen LogP contribution in [0.15, 0.2) is 18.5 Å². The molecule has 0 spiro atoms. The van der Waals surface area contributed by atoms with E-state index in [0.717, 1.165) is 6.20 Å². The van der Waals surface area contributed by atoms with E-state index in [1.54, 1.807) is 20.8 Å². The van der Waals surface area contributed by atoms with E-state index < -0.39 is 23.3 Å². The van der Waals surface area contributed by atoms with Gasteiger partial charge in [0.25, 0.3) is 0 Å². The summed E-state index contributed by atoms with van der Waals surface area (Å²) in [7, 11) is 0. The van der Waals surface area contributed by atoms with E-state index in [9.17, 15) is 18.0 Å². The quantitative estimate of drug-likeness (QED) is 0.834. The second-order valence-electron chi connectivity index (χ2n) is 4.74. The molecule has 0 atom stereocenters. The Bertz CT molecular complexity index is 481. The molecule has 18 heavy (non-hydrogen) atoms. The molecule has 1 N–H and O–H groups in total. The number of rotatable bonds is 2. The number of hydrogen-bond acceptors (Lipinski definition) is 2. The van der Waals surface area contributed by atoms with Crippen LogP contribution in [0.25, 0.3) is 5.57 Å². The van der Waals surface area contributed by atoms with Crippen LogP contribution >= 0.6 is 0 Å². The molecule has 0 saturated heterocycles. The summed E-state index contributed by atoms with van der Waals surface area (Å²) in [6, 6.07) is 0. The fraction of sp³-hybridized carbons (Fsp3) is 0.455. The van der Waals surface area contributed by atoms with Gasteiger partial charge in [-0.3, -0.25) is 4.68 Å². The standard InChI is InChI=1S/C11H13F3N2O2/c1-10(2,3)16-6-7(5-15-16)8(4-9(17)18)11(12,13)14/h4-6H,1-3H3,(H,17,18). The Morgan fingerprint density at radius 2 is 1.94 bits per heavy atom. The number of carbonyl (C=O) groups is 1. The SMILES string of the molecule is CC(C)(C)n1cc(C(=CC(=O)O)C(F)(F)F)cn1. The Kier molecular flexibility index (Phi) is 3.54. The maximum atomic E-state index is 12.7. The van der Waals surface area contributed by atoms with Crippen molar-refractivity contribution in [3.05, 3.63) is 24.0 Å². The van der Waals surface area contributed by atoms with Crippen molar-refractivity contribution >= 4 is 11.5 Å². The lowest BCUT2D eigenvalue weighted by atomic mass is 10.1. The van der Waals surface area contributed by atoms with Crippen molar-refractivity contribution in [3.8, 4) is 0 Å². The van der Waals surface area contributed by atoms with Gasteiger partial charge >= 0.3 is 12.1 Å². The zero-order chi connectivity index (χ0) is 14.1. The third kappa shape index (κ3) is 3.35. The maximum absolute atomic E-state index is 12.7. The smallest absolute Gasteiger partial charge is 0.417 e. The molecule has 100 valence electrons. The molecular formula is C11H13F3N2O2. The Morgan fingerprint density at radius 1 is 1.39 bits per heavy atom. The summed E-state index contributed by atoms with van der Waals surface area (Å²) in [6.07, 6.45) is -2.40.